The van der Waals surface area contributed by atoms with Gasteiger partial charge in [0.2, 0.25) is 5.91 Å². The maximum Gasteiger partial charge on any atom is 0.243 e. The number of carbonyl (C=O) groups excluding carboxylic acids is 2. The molecule has 1 aliphatic carbocycles. The fourth-order valence-corrected chi connectivity index (χ4v) is 1.61. The lowest BCUT2D eigenvalue weighted by Crippen LogP contribution is -2.29. The van der Waals surface area contributed by atoms with Crippen molar-refractivity contribution in [2.24, 2.45) is 4.99 Å². The zero-order chi connectivity index (χ0) is 13.5. The smallest absolute Gasteiger partial charge is 0.243 e. The van der Waals surface area contributed by atoms with E-state index in [1.54, 1.807) is 12.2 Å². The van der Waals surface area contributed by atoms with Gasteiger partial charge in [0.05, 0.1) is 6.61 Å². The molecular formula is C13H17NO4. The average molecular weight is 251 g/mol. The van der Waals surface area contributed by atoms with Crippen LogP contribution in [-0.2, 0) is 19.1 Å². The van der Waals surface area contributed by atoms with Gasteiger partial charge in [-0.05, 0) is 26.0 Å². The molecule has 0 aliphatic heterocycles. The molecule has 5 nitrogen and oxygen atoms in total. The van der Waals surface area contributed by atoms with E-state index >= 15 is 0 Å². The van der Waals surface area contributed by atoms with Crippen molar-refractivity contribution in [3.05, 3.63) is 23.5 Å². The highest BCUT2D eigenvalue weighted by Gasteiger charge is 2.25. The second kappa shape index (κ2) is 6.86. The number of ether oxygens (including phenoxy) is 2. The Morgan fingerprint density at radius 3 is 2.67 bits per heavy atom. The van der Waals surface area contributed by atoms with E-state index in [2.05, 4.69) is 4.99 Å². The van der Waals surface area contributed by atoms with Gasteiger partial charge < -0.3 is 9.47 Å². The first-order chi connectivity index (χ1) is 8.62. The number of nitrogens with zero attached hydrogens (tertiary/aromatic N) is 1. The number of carbonyl (C=O) groups is 2. The van der Waals surface area contributed by atoms with Crippen molar-refractivity contribution in [3.8, 4) is 0 Å². The lowest BCUT2D eigenvalue weighted by atomic mass is 10.0. The van der Waals surface area contributed by atoms with Crippen LogP contribution in [-0.4, -0.2) is 37.2 Å². The van der Waals surface area contributed by atoms with E-state index in [0.29, 0.717) is 30.3 Å². The molecule has 1 unspecified atom stereocenters. The molecule has 0 saturated carbocycles. The van der Waals surface area contributed by atoms with E-state index in [9.17, 15) is 9.59 Å². The summed E-state index contributed by atoms with van der Waals surface area (Å²) in [6, 6.07) is 0. The molecule has 1 amide bonds. The summed E-state index contributed by atoms with van der Waals surface area (Å²) in [7, 11) is 0. The first-order valence-electron chi connectivity index (χ1n) is 5.85. The third-order valence-electron chi connectivity index (χ3n) is 2.22. The van der Waals surface area contributed by atoms with Crippen molar-refractivity contribution in [3.63, 3.8) is 0 Å². The molecule has 0 fully saturated rings. The molecule has 0 aromatic carbocycles. The molecule has 0 bridgehead atoms. The highest BCUT2D eigenvalue weighted by molar-refractivity contribution is 6.10. The molecule has 1 rings (SSSR count). The van der Waals surface area contributed by atoms with Crippen molar-refractivity contribution in [2.45, 2.75) is 26.9 Å². The largest absolute Gasteiger partial charge is 0.492 e. The molecule has 0 radical (unpaired) electrons. The fraction of sp³-hybridized carbons (Fsp3) is 0.462. The minimum Gasteiger partial charge on any atom is -0.492 e. The van der Waals surface area contributed by atoms with Crippen molar-refractivity contribution in [1.29, 1.82) is 0 Å². The van der Waals surface area contributed by atoms with E-state index in [1.165, 1.54) is 6.92 Å². The number of hydrogen-bond donors (Lipinski definition) is 0. The second-order valence-electron chi connectivity index (χ2n) is 3.62. The zero-order valence-corrected chi connectivity index (χ0v) is 10.8. The van der Waals surface area contributed by atoms with Gasteiger partial charge in [-0.25, -0.2) is 4.99 Å². The third kappa shape index (κ3) is 3.63. The van der Waals surface area contributed by atoms with E-state index in [1.807, 2.05) is 13.8 Å². The molecule has 0 spiro atoms. The predicted octanol–water partition coefficient (Wildman–Crippen LogP) is 1.44. The molecule has 0 aromatic heterocycles. The molecule has 0 N–H and O–H groups in total. The van der Waals surface area contributed by atoms with Gasteiger partial charge in [0.1, 0.15) is 23.9 Å². The topological polar surface area (TPSA) is 65.0 Å². The summed E-state index contributed by atoms with van der Waals surface area (Å²) in [5.41, 5.74) is 0.871. The van der Waals surface area contributed by atoms with Crippen LogP contribution >= 0.6 is 0 Å². The van der Waals surface area contributed by atoms with Gasteiger partial charge in [0, 0.05) is 19.1 Å². The van der Waals surface area contributed by atoms with Crippen molar-refractivity contribution < 1.29 is 19.1 Å². The van der Waals surface area contributed by atoms with Crippen LogP contribution in [0.5, 0.6) is 0 Å². The van der Waals surface area contributed by atoms with E-state index in [0.717, 1.165) is 6.29 Å². The molecule has 0 saturated heterocycles. The minimum absolute atomic E-state index is 0.330. The molecule has 0 aromatic rings. The zero-order valence-electron chi connectivity index (χ0n) is 10.8. The fourth-order valence-electron chi connectivity index (χ4n) is 1.61. The Bertz CT molecular complexity index is 421. The highest BCUT2D eigenvalue weighted by Crippen LogP contribution is 2.19. The Hall–Kier alpha value is -1.75. The van der Waals surface area contributed by atoms with Crippen LogP contribution < -0.4 is 0 Å². The number of rotatable bonds is 5. The molecule has 18 heavy (non-hydrogen) atoms. The van der Waals surface area contributed by atoms with Crippen LogP contribution in [0.25, 0.3) is 0 Å². The average Bonchev–Trinajstić information content (AvgIpc) is 2.33. The lowest BCUT2D eigenvalue weighted by molar-refractivity contribution is -0.115. The molecule has 5 heteroatoms. The Kier molecular flexibility index (Phi) is 5.45. The quantitative estimate of drug-likeness (QED) is 0.693. The van der Waals surface area contributed by atoms with Crippen LogP contribution in [0, 0.1) is 0 Å². The SMILES string of the molecule is CCOC1=CC(C=O)=CC(OCC)C1=NC(C)=O. The van der Waals surface area contributed by atoms with Crippen molar-refractivity contribution in [2.75, 3.05) is 13.2 Å². The minimum atomic E-state index is -0.523. The van der Waals surface area contributed by atoms with Gasteiger partial charge >= 0.3 is 0 Å². The van der Waals surface area contributed by atoms with Gasteiger partial charge in [0.15, 0.2) is 0 Å². The number of amides is 1. The standard InChI is InChI=1S/C13H17NO4/c1-4-17-11-6-10(8-15)7-12(18-5-2)13(11)14-9(3)16/h6-8,11H,4-5H2,1-3H3. The van der Waals surface area contributed by atoms with Gasteiger partial charge in [-0.2, -0.15) is 0 Å². The summed E-state index contributed by atoms with van der Waals surface area (Å²) in [4.78, 5) is 25.9. The summed E-state index contributed by atoms with van der Waals surface area (Å²) >= 11 is 0. The Labute approximate surface area is 106 Å². The van der Waals surface area contributed by atoms with Crippen LogP contribution in [0.1, 0.15) is 20.8 Å². The van der Waals surface area contributed by atoms with Crippen LogP contribution in [0.3, 0.4) is 0 Å². The normalized spacial score (nSPS) is 21.3. The van der Waals surface area contributed by atoms with Gasteiger partial charge in [0.25, 0.3) is 0 Å². The lowest BCUT2D eigenvalue weighted by Gasteiger charge is -2.22. The van der Waals surface area contributed by atoms with Crippen LogP contribution in [0.15, 0.2) is 28.5 Å². The molecule has 98 valence electrons. The van der Waals surface area contributed by atoms with E-state index in [4.69, 9.17) is 9.47 Å². The molecular weight excluding hydrogens is 234 g/mol. The maximum atomic E-state index is 11.1. The Morgan fingerprint density at radius 2 is 2.17 bits per heavy atom. The summed E-state index contributed by atoms with van der Waals surface area (Å²) < 4.78 is 10.9. The van der Waals surface area contributed by atoms with Crippen LogP contribution in [0.2, 0.25) is 0 Å². The molecule has 1 aliphatic rings. The Balaban J connectivity index is 3.15. The van der Waals surface area contributed by atoms with Crippen LogP contribution in [0.4, 0.5) is 0 Å². The van der Waals surface area contributed by atoms with Crippen molar-refractivity contribution in [1.82, 2.24) is 0 Å². The van der Waals surface area contributed by atoms with Crippen molar-refractivity contribution >= 4 is 17.9 Å². The first kappa shape index (κ1) is 14.3. The second-order valence-corrected chi connectivity index (χ2v) is 3.62. The van der Waals surface area contributed by atoms with Gasteiger partial charge in [-0.1, -0.05) is 0 Å². The van der Waals surface area contributed by atoms with Gasteiger partial charge in [-0.3, -0.25) is 9.59 Å². The predicted molar refractivity (Wildman–Crippen MR) is 67.4 cm³/mol. The first-order valence-corrected chi connectivity index (χ1v) is 5.85. The summed E-state index contributed by atoms with van der Waals surface area (Å²) in [6.07, 6.45) is 3.38. The number of aliphatic imine (C=N–C) groups is 1. The highest BCUT2D eigenvalue weighted by atomic mass is 16.5. The number of hydrogen-bond acceptors (Lipinski definition) is 4. The summed E-state index contributed by atoms with van der Waals surface area (Å²) in [5.74, 6) is 0.0824. The molecule has 1 atom stereocenters. The third-order valence-corrected chi connectivity index (χ3v) is 2.22. The van der Waals surface area contributed by atoms with E-state index < -0.39 is 6.10 Å². The molecule has 0 heterocycles. The summed E-state index contributed by atoms with van der Waals surface area (Å²) in [5, 5.41) is 0. The van der Waals surface area contributed by atoms with Gasteiger partial charge in [-0.15, -0.1) is 0 Å². The number of aldehydes is 1. The Morgan fingerprint density at radius 1 is 1.44 bits per heavy atom. The monoisotopic (exact) mass is 251 g/mol. The summed E-state index contributed by atoms with van der Waals surface area (Å²) in [6.45, 7) is 5.88. The number of allylic oxidation sites excluding steroid dienone is 2. The van der Waals surface area contributed by atoms with E-state index in [-0.39, 0.29) is 5.91 Å². The maximum absolute atomic E-state index is 11.1.